The first kappa shape index (κ1) is 15.1. The van der Waals surface area contributed by atoms with Gasteiger partial charge in [-0.25, -0.2) is 4.98 Å². The van der Waals surface area contributed by atoms with Crippen molar-refractivity contribution < 1.29 is 9.53 Å². The number of carbonyl (C=O) groups excluding carboxylic acids is 1. The van der Waals surface area contributed by atoms with Crippen LogP contribution in [0.2, 0.25) is 0 Å². The van der Waals surface area contributed by atoms with Crippen molar-refractivity contribution in [1.29, 1.82) is 0 Å². The maximum absolute atomic E-state index is 11.0. The maximum Gasteiger partial charge on any atom is 0.186 e. The second-order valence-electron chi connectivity index (χ2n) is 5.51. The molecule has 0 bridgehead atoms. The number of nitrogens with zero attached hydrogens (tertiary/aromatic N) is 2. The van der Waals surface area contributed by atoms with Crippen LogP contribution in [0.15, 0.2) is 0 Å². The molecular weight excluding hydrogens is 248 g/mol. The van der Waals surface area contributed by atoms with Crippen LogP contribution < -0.4 is 4.90 Å². The fourth-order valence-electron chi connectivity index (χ4n) is 1.58. The predicted molar refractivity (Wildman–Crippen MR) is 75.5 cm³/mol. The van der Waals surface area contributed by atoms with Gasteiger partial charge in [0.1, 0.15) is 0 Å². The van der Waals surface area contributed by atoms with E-state index in [1.165, 1.54) is 11.3 Å². The lowest BCUT2D eigenvalue weighted by Crippen LogP contribution is -2.39. The van der Waals surface area contributed by atoms with Crippen LogP contribution in [0.1, 0.15) is 43.1 Å². The lowest BCUT2D eigenvalue weighted by Gasteiger charge is -2.35. The van der Waals surface area contributed by atoms with Crippen LogP contribution in [0, 0.1) is 5.41 Å². The summed E-state index contributed by atoms with van der Waals surface area (Å²) in [6.07, 6.45) is 0.852. The number of thiazole rings is 1. The highest BCUT2D eigenvalue weighted by molar-refractivity contribution is 7.17. The maximum atomic E-state index is 11.0. The third kappa shape index (κ3) is 3.29. The van der Waals surface area contributed by atoms with Crippen molar-refractivity contribution in [1.82, 2.24) is 4.98 Å². The molecule has 1 unspecified atom stereocenters. The zero-order valence-electron chi connectivity index (χ0n) is 12.0. The van der Waals surface area contributed by atoms with Crippen molar-refractivity contribution >= 4 is 22.8 Å². The number of ether oxygens (including phenoxy) is 1. The van der Waals surface area contributed by atoms with Crippen LogP contribution in [0.4, 0.5) is 5.13 Å². The molecule has 5 heteroatoms. The van der Waals surface area contributed by atoms with E-state index in [2.05, 4.69) is 37.6 Å². The van der Waals surface area contributed by atoms with Gasteiger partial charge in [-0.1, -0.05) is 32.1 Å². The zero-order valence-corrected chi connectivity index (χ0v) is 12.8. The Morgan fingerprint density at radius 3 is 2.56 bits per heavy atom. The minimum atomic E-state index is 0.156. The highest BCUT2D eigenvalue weighted by atomic mass is 32.1. The molecule has 0 aliphatic rings. The van der Waals surface area contributed by atoms with Gasteiger partial charge in [0.2, 0.25) is 0 Å². The van der Waals surface area contributed by atoms with Crippen molar-refractivity contribution in [2.45, 2.75) is 40.3 Å². The van der Waals surface area contributed by atoms with Gasteiger partial charge < -0.3 is 9.64 Å². The van der Waals surface area contributed by atoms with Gasteiger partial charge in [-0.15, -0.1) is 0 Å². The number of aldehydes is 1. The first-order chi connectivity index (χ1) is 8.31. The molecular formula is C13H22N2O2S. The molecule has 1 rings (SSSR count). The summed E-state index contributed by atoms with van der Waals surface area (Å²) in [4.78, 5) is 18.3. The summed E-state index contributed by atoms with van der Waals surface area (Å²) in [5, 5.41) is 0.867. The molecule has 0 fully saturated rings. The molecule has 1 aromatic heterocycles. The Kier molecular flexibility index (Phi) is 4.87. The number of hydrogen-bond donors (Lipinski definition) is 0. The number of carbonyl (C=O) groups is 1. The lowest BCUT2D eigenvalue weighted by atomic mass is 9.87. The average Bonchev–Trinajstić information content (AvgIpc) is 2.69. The molecule has 0 N–H and O–H groups in total. The molecule has 1 aromatic rings. The average molecular weight is 270 g/mol. The quantitative estimate of drug-likeness (QED) is 0.771. The molecule has 4 nitrogen and oxygen atoms in total. The molecule has 0 amide bonds. The first-order valence-corrected chi connectivity index (χ1v) is 6.79. The standard InChI is InChI=1S/C13H22N2O2S/c1-9(13(2,3)4)15(5)12-14-10(8-17-6)11(7-16)18-12/h7,9H,8H2,1-6H3. The Morgan fingerprint density at radius 1 is 1.50 bits per heavy atom. The third-order valence-corrected chi connectivity index (χ3v) is 4.35. The van der Waals surface area contributed by atoms with Gasteiger partial charge in [-0.2, -0.15) is 0 Å². The van der Waals surface area contributed by atoms with Crippen LogP contribution in [-0.4, -0.2) is 31.5 Å². The molecule has 0 saturated heterocycles. The molecule has 0 aromatic carbocycles. The number of anilines is 1. The van der Waals surface area contributed by atoms with Gasteiger partial charge in [0.15, 0.2) is 11.4 Å². The Bertz CT molecular complexity index is 410. The summed E-state index contributed by atoms with van der Waals surface area (Å²) in [5.41, 5.74) is 0.879. The Morgan fingerprint density at radius 2 is 2.11 bits per heavy atom. The van der Waals surface area contributed by atoms with Crippen molar-refractivity contribution in [2.24, 2.45) is 5.41 Å². The molecule has 0 radical (unpaired) electrons. The number of methoxy groups -OCH3 is 1. The summed E-state index contributed by atoms with van der Waals surface area (Å²) < 4.78 is 5.06. The van der Waals surface area contributed by atoms with E-state index in [1.54, 1.807) is 7.11 Å². The fraction of sp³-hybridized carbons (Fsp3) is 0.692. The largest absolute Gasteiger partial charge is 0.378 e. The molecule has 102 valence electrons. The Hall–Kier alpha value is -0.940. The van der Waals surface area contributed by atoms with E-state index in [-0.39, 0.29) is 5.41 Å². The Labute approximate surface area is 113 Å². The monoisotopic (exact) mass is 270 g/mol. The van der Waals surface area contributed by atoms with Crippen LogP contribution in [-0.2, 0) is 11.3 Å². The van der Waals surface area contributed by atoms with Crippen LogP contribution >= 0.6 is 11.3 Å². The molecule has 0 aliphatic carbocycles. The van der Waals surface area contributed by atoms with E-state index in [1.807, 2.05) is 7.05 Å². The van der Waals surface area contributed by atoms with Crippen molar-refractivity contribution in [3.63, 3.8) is 0 Å². The summed E-state index contributed by atoms with van der Waals surface area (Å²) in [6, 6.07) is 0.332. The van der Waals surface area contributed by atoms with Crippen molar-refractivity contribution in [3.05, 3.63) is 10.6 Å². The molecule has 1 heterocycles. The molecule has 0 saturated carbocycles. The van der Waals surface area contributed by atoms with E-state index < -0.39 is 0 Å². The smallest absolute Gasteiger partial charge is 0.186 e. The van der Waals surface area contributed by atoms with E-state index in [9.17, 15) is 4.79 Å². The van der Waals surface area contributed by atoms with Crippen LogP contribution in [0.25, 0.3) is 0 Å². The van der Waals surface area contributed by atoms with Gasteiger partial charge >= 0.3 is 0 Å². The predicted octanol–water partition coefficient (Wildman–Crippen LogP) is 2.97. The highest BCUT2D eigenvalue weighted by Crippen LogP contribution is 2.31. The van der Waals surface area contributed by atoms with Crippen LogP contribution in [0.3, 0.4) is 0 Å². The summed E-state index contributed by atoms with van der Waals surface area (Å²) >= 11 is 1.42. The number of hydrogen-bond acceptors (Lipinski definition) is 5. The SMILES string of the molecule is COCc1nc(N(C)C(C)C(C)(C)C)sc1C=O. The van der Waals surface area contributed by atoms with E-state index in [4.69, 9.17) is 4.74 Å². The van der Waals surface area contributed by atoms with Gasteiger partial charge in [-0.05, 0) is 12.3 Å². The fourth-order valence-corrected chi connectivity index (χ4v) is 2.51. The summed E-state index contributed by atoms with van der Waals surface area (Å²) in [6.45, 7) is 9.12. The van der Waals surface area contributed by atoms with E-state index >= 15 is 0 Å². The van der Waals surface area contributed by atoms with Crippen LogP contribution in [0.5, 0.6) is 0 Å². The minimum absolute atomic E-state index is 0.156. The molecule has 18 heavy (non-hydrogen) atoms. The first-order valence-electron chi connectivity index (χ1n) is 5.98. The minimum Gasteiger partial charge on any atom is -0.378 e. The Balaban J connectivity index is 2.99. The van der Waals surface area contributed by atoms with Crippen molar-refractivity contribution in [3.8, 4) is 0 Å². The van der Waals surface area contributed by atoms with Gasteiger partial charge in [0, 0.05) is 20.2 Å². The third-order valence-electron chi connectivity index (χ3n) is 3.24. The summed E-state index contributed by atoms with van der Waals surface area (Å²) in [5.74, 6) is 0. The lowest BCUT2D eigenvalue weighted by molar-refractivity contribution is 0.112. The number of aromatic nitrogens is 1. The van der Waals surface area contributed by atoms with Crippen molar-refractivity contribution in [2.75, 3.05) is 19.1 Å². The molecule has 1 atom stereocenters. The summed E-state index contributed by atoms with van der Waals surface area (Å²) in [7, 11) is 3.62. The second kappa shape index (κ2) is 5.80. The molecule has 0 spiro atoms. The van der Waals surface area contributed by atoms with E-state index in [0.717, 1.165) is 17.1 Å². The highest BCUT2D eigenvalue weighted by Gasteiger charge is 2.26. The molecule has 0 aliphatic heterocycles. The van der Waals surface area contributed by atoms with Gasteiger partial charge in [0.05, 0.1) is 17.2 Å². The van der Waals surface area contributed by atoms with Gasteiger partial charge in [0.25, 0.3) is 0 Å². The van der Waals surface area contributed by atoms with E-state index in [0.29, 0.717) is 17.5 Å². The normalized spacial score (nSPS) is 13.4. The topological polar surface area (TPSA) is 42.4 Å². The second-order valence-corrected chi connectivity index (χ2v) is 6.52. The number of rotatable bonds is 5. The van der Waals surface area contributed by atoms with Gasteiger partial charge in [-0.3, -0.25) is 4.79 Å². The zero-order chi connectivity index (χ0) is 13.9.